The highest BCUT2D eigenvalue weighted by molar-refractivity contribution is 14.1. The van der Waals surface area contributed by atoms with Crippen LogP contribution in [0.2, 0.25) is 5.02 Å². The molecule has 0 bridgehead atoms. The molecule has 1 aromatic carbocycles. The van der Waals surface area contributed by atoms with Crippen molar-refractivity contribution < 1.29 is 9.18 Å². The molecule has 0 radical (unpaired) electrons. The maximum atomic E-state index is 13.3. The molecule has 0 aromatic heterocycles. The van der Waals surface area contributed by atoms with Crippen LogP contribution in [0.4, 0.5) is 4.39 Å². The first kappa shape index (κ1) is 14.0. The highest BCUT2D eigenvalue weighted by atomic mass is 127. The van der Waals surface area contributed by atoms with E-state index >= 15 is 0 Å². The van der Waals surface area contributed by atoms with Crippen LogP contribution in [0.25, 0.3) is 0 Å². The summed E-state index contributed by atoms with van der Waals surface area (Å²) in [4.78, 5) is 16.2. The summed E-state index contributed by atoms with van der Waals surface area (Å²) in [5.74, 6) is -0.512. The molecule has 1 aliphatic rings. The first-order valence-corrected chi connectivity index (χ1v) is 7.07. The predicted octanol–water partition coefficient (Wildman–Crippen LogP) is 2.47. The van der Waals surface area contributed by atoms with Gasteiger partial charge in [0, 0.05) is 29.7 Å². The van der Waals surface area contributed by atoms with Gasteiger partial charge in [-0.2, -0.15) is 0 Å². The van der Waals surface area contributed by atoms with Gasteiger partial charge >= 0.3 is 0 Å². The Labute approximate surface area is 124 Å². The zero-order valence-corrected chi connectivity index (χ0v) is 12.8. The third kappa shape index (κ3) is 2.95. The SMILES string of the molecule is CN1CCN(C(=O)c2cc(I)c(F)cc2Cl)CC1. The van der Waals surface area contributed by atoms with E-state index in [0.29, 0.717) is 22.2 Å². The molecule has 0 N–H and O–H groups in total. The van der Waals surface area contributed by atoms with Gasteiger partial charge in [0.05, 0.1) is 10.6 Å². The molecule has 1 saturated heterocycles. The van der Waals surface area contributed by atoms with E-state index in [9.17, 15) is 9.18 Å². The second-order valence-corrected chi connectivity index (χ2v) is 5.91. The molecule has 0 spiro atoms. The lowest BCUT2D eigenvalue weighted by Gasteiger charge is -2.32. The number of benzene rings is 1. The quantitative estimate of drug-likeness (QED) is 0.550. The van der Waals surface area contributed by atoms with Gasteiger partial charge in [-0.05, 0) is 41.8 Å². The van der Waals surface area contributed by atoms with Gasteiger partial charge in [0.1, 0.15) is 5.82 Å². The van der Waals surface area contributed by atoms with Gasteiger partial charge in [0.25, 0.3) is 5.91 Å². The van der Waals surface area contributed by atoms with E-state index in [1.807, 2.05) is 29.6 Å². The van der Waals surface area contributed by atoms with E-state index in [1.54, 1.807) is 4.90 Å². The van der Waals surface area contributed by atoms with Crippen LogP contribution >= 0.6 is 34.2 Å². The van der Waals surface area contributed by atoms with Crippen molar-refractivity contribution in [2.24, 2.45) is 0 Å². The van der Waals surface area contributed by atoms with Crippen molar-refractivity contribution in [2.75, 3.05) is 33.2 Å². The Hall–Kier alpha value is -0.400. The minimum atomic E-state index is -0.393. The molecule has 0 atom stereocenters. The van der Waals surface area contributed by atoms with Crippen molar-refractivity contribution in [1.82, 2.24) is 9.80 Å². The van der Waals surface area contributed by atoms with Crippen molar-refractivity contribution in [1.29, 1.82) is 0 Å². The number of amides is 1. The third-order valence-electron chi connectivity index (χ3n) is 3.03. The van der Waals surface area contributed by atoms with Crippen LogP contribution in [0.1, 0.15) is 10.4 Å². The van der Waals surface area contributed by atoms with E-state index in [0.717, 1.165) is 13.1 Å². The van der Waals surface area contributed by atoms with Crippen molar-refractivity contribution in [3.8, 4) is 0 Å². The smallest absolute Gasteiger partial charge is 0.255 e. The molecule has 6 heteroatoms. The van der Waals surface area contributed by atoms with Crippen LogP contribution < -0.4 is 0 Å². The molecule has 1 aliphatic heterocycles. The number of piperazine rings is 1. The summed E-state index contributed by atoms with van der Waals surface area (Å²) in [6.07, 6.45) is 0. The molecule has 0 aliphatic carbocycles. The highest BCUT2D eigenvalue weighted by Crippen LogP contribution is 2.23. The summed E-state index contributed by atoms with van der Waals surface area (Å²) in [6, 6.07) is 2.71. The molecule has 18 heavy (non-hydrogen) atoms. The van der Waals surface area contributed by atoms with Crippen LogP contribution in [-0.4, -0.2) is 48.9 Å². The van der Waals surface area contributed by atoms with E-state index in [1.165, 1.54) is 12.1 Å². The van der Waals surface area contributed by atoms with Crippen LogP contribution in [0.3, 0.4) is 0 Å². The van der Waals surface area contributed by atoms with E-state index in [2.05, 4.69) is 4.90 Å². The molecule has 1 heterocycles. The van der Waals surface area contributed by atoms with Crippen molar-refractivity contribution >= 4 is 40.1 Å². The van der Waals surface area contributed by atoms with E-state index in [-0.39, 0.29) is 10.9 Å². The Morgan fingerprint density at radius 1 is 1.33 bits per heavy atom. The van der Waals surface area contributed by atoms with Crippen molar-refractivity contribution in [3.05, 3.63) is 32.1 Å². The van der Waals surface area contributed by atoms with Crippen molar-refractivity contribution in [3.63, 3.8) is 0 Å². The fourth-order valence-corrected chi connectivity index (χ4v) is 2.56. The predicted molar refractivity (Wildman–Crippen MR) is 77.5 cm³/mol. The topological polar surface area (TPSA) is 23.6 Å². The van der Waals surface area contributed by atoms with Gasteiger partial charge in [-0.25, -0.2) is 4.39 Å². The lowest BCUT2D eigenvalue weighted by atomic mass is 10.1. The van der Waals surface area contributed by atoms with Gasteiger partial charge in [0.15, 0.2) is 0 Å². The summed E-state index contributed by atoms with van der Waals surface area (Å²) in [7, 11) is 2.02. The Balaban J connectivity index is 2.21. The number of halogens is 3. The molecule has 2 rings (SSSR count). The van der Waals surface area contributed by atoms with Crippen LogP contribution in [0, 0.1) is 9.39 Å². The summed E-state index contributed by atoms with van der Waals surface area (Å²) < 4.78 is 13.7. The van der Waals surface area contributed by atoms with Gasteiger partial charge in [0.2, 0.25) is 0 Å². The zero-order chi connectivity index (χ0) is 13.3. The number of hydrogen-bond donors (Lipinski definition) is 0. The maximum Gasteiger partial charge on any atom is 0.255 e. The minimum Gasteiger partial charge on any atom is -0.336 e. The molecule has 1 fully saturated rings. The molecule has 1 amide bonds. The third-order valence-corrected chi connectivity index (χ3v) is 4.17. The van der Waals surface area contributed by atoms with Crippen molar-refractivity contribution in [2.45, 2.75) is 0 Å². The molecule has 0 unspecified atom stereocenters. The zero-order valence-electron chi connectivity index (χ0n) is 9.92. The Morgan fingerprint density at radius 3 is 2.56 bits per heavy atom. The van der Waals surface area contributed by atoms with Gasteiger partial charge < -0.3 is 9.80 Å². The molecule has 3 nitrogen and oxygen atoms in total. The standard InChI is InChI=1S/C12H13ClFIN2O/c1-16-2-4-17(5-3-16)12(18)8-6-11(15)10(14)7-9(8)13/h6-7H,2-5H2,1H3. The van der Waals surface area contributed by atoms with Crippen LogP contribution in [0.15, 0.2) is 12.1 Å². The number of rotatable bonds is 1. The maximum absolute atomic E-state index is 13.3. The largest absolute Gasteiger partial charge is 0.336 e. The van der Waals surface area contributed by atoms with Gasteiger partial charge in [-0.15, -0.1) is 0 Å². The second-order valence-electron chi connectivity index (χ2n) is 4.34. The monoisotopic (exact) mass is 382 g/mol. The summed E-state index contributed by atoms with van der Waals surface area (Å²) in [5.41, 5.74) is 0.381. The van der Waals surface area contributed by atoms with Crippen LogP contribution in [-0.2, 0) is 0 Å². The molecular formula is C12H13ClFIN2O. The average molecular weight is 383 g/mol. The Kier molecular flexibility index (Phi) is 4.45. The fraction of sp³-hybridized carbons (Fsp3) is 0.417. The Bertz CT molecular complexity index is 475. The minimum absolute atomic E-state index is 0.119. The summed E-state index contributed by atoms with van der Waals surface area (Å²) in [5, 5.41) is 0.178. The molecular weight excluding hydrogens is 370 g/mol. The van der Waals surface area contributed by atoms with Gasteiger partial charge in [-0.1, -0.05) is 11.6 Å². The number of nitrogens with zero attached hydrogens (tertiary/aromatic N) is 2. The summed E-state index contributed by atoms with van der Waals surface area (Å²) in [6.45, 7) is 3.06. The lowest BCUT2D eigenvalue weighted by molar-refractivity contribution is 0.0664. The first-order valence-electron chi connectivity index (χ1n) is 5.61. The lowest BCUT2D eigenvalue weighted by Crippen LogP contribution is -2.47. The Morgan fingerprint density at radius 2 is 1.94 bits per heavy atom. The van der Waals surface area contributed by atoms with Gasteiger partial charge in [-0.3, -0.25) is 4.79 Å². The number of carbonyl (C=O) groups excluding carboxylic acids is 1. The first-order chi connectivity index (χ1) is 8.49. The number of likely N-dealkylation sites (N-methyl/N-ethyl adjacent to an activating group) is 1. The highest BCUT2D eigenvalue weighted by Gasteiger charge is 2.23. The van der Waals surface area contributed by atoms with Crippen LogP contribution in [0.5, 0.6) is 0 Å². The molecule has 98 valence electrons. The number of carbonyl (C=O) groups is 1. The molecule has 0 saturated carbocycles. The van der Waals surface area contributed by atoms with E-state index in [4.69, 9.17) is 11.6 Å². The van der Waals surface area contributed by atoms with E-state index < -0.39 is 5.82 Å². The average Bonchev–Trinajstić information content (AvgIpc) is 2.34. The summed E-state index contributed by atoms with van der Waals surface area (Å²) >= 11 is 7.80. The fourth-order valence-electron chi connectivity index (χ4n) is 1.87. The number of hydrogen-bond acceptors (Lipinski definition) is 2. The molecule has 1 aromatic rings. The normalized spacial score (nSPS) is 17.0. The second kappa shape index (κ2) is 5.71.